The van der Waals surface area contributed by atoms with Crippen LogP contribution in [0.2, 0.25) is 5.02 Å². The van der Waals surface area contributed by atoms with E-state index in [-0.39, 0.29) is 18.2 Å². The van der Waals surface area contributed by atoms with Gasteiger partial charge < -0.3 is 4.74 Å². The summed E-state index contributed by atoms with van der Waals surface area (Å²) in [5.41, 5.74) is -0.117. The number of alkyl halides is 1. The minimum absolute atomic E-state index is 0.139. The molecule has 0 aliphatic heterocycles. The molecule has 0 fully saturated rings. The van der Waals surface area contributed by atoms with Crippen LogP contribution in [-0.4, -0.2) is 29.9 Å². The van der Waals surface area contributed by atoms with Gasteiger partial charge in [-0.15, -0.1) is 11.6 Å². The van der Waals surface area contributed by atoms with Crippen LogP contribution >= 0.6 is 23.2 Å². The topological polar surface area (TPSA) is 46.6 Å². The first-order valence-corrected chi connectivity index (χ1v) is 6.98. The fourth-order valence-corrected chi connectivity index (χ4v) is 1.63. The number of hydrogen-bond donors (Lipinski definition) is 0. The maximum Gasteiger partial charge on any atom is 0.415 e. The maximum absolute atomic E-state index is 12.2. The third-order valence-electron chi connectivity index (χ3n) is 2.24. The van der Waals surface area contributed by atoms with Gasteiger partial charge in [-0.05, 0) is 45.0 Å². The first-order valence-electron chi connectivity index (χ1n) is 6.06. The Kier molecular flexibility index (Phi) is 5.84. The molecule has 0 saturated heterocycles. The van der Waals surface area contributed by atoms with Crippen molar-refractivity contribution in [3.8, 4) is 0 Å². The summed E-state index contributed by atoms with van der Waals surface area (Å²) in [6.45, 7) is 5.14. The SMILES string of the molecule is CC(C)(C)OC(=O)N(CC(=O)CCl)c1ccc(Cl)cc1. The van der Waals surface area contributed by atoms with Crippen molar-refractivity contribution in [2.45, 2.75) is 26.4 Å². The van der Waals surface area contributed by atoms with Crippen LogP contribution < -0.4 is 4.90 Å². The Labute approximate surface area is 128 Å². The summed E-state index contributed by atoms with van der Waals surface area (Å²) in [4.78, 5) is 24.9. The normalized spacial score (nSPS) is 11.1. The first kappa shape index (κ1) is 16.8. The lowest BCUT2D eigenvalue weighted by Crippen LogP contribution is -2.40. The van der Waals surface area contributed by atoms with E-state index in [2.05, 4.69) is 0 Å². The molecule has 0 radical (unpaired) electrons. The standard InChI is InChI=1S/C14H17Cl2NO3/c1-14(2,3)20-13(19)17(9-12(18)8-15)11-6-4-10(16)5-7-11/h4-7H,8-9H2,1-3H3. The van der Waals surface area contributed by atoms with Crippen molar-refractivity contribution in [1.82, 2.24) is 0 Å². The highest BCUT2D eigenvalue weighted by atomic mass is 35.5. The summed E-state index contributed by atoms with van der Waals surface area (Å²) in [6.07, 6.45) is -0.599. The number of carbonyl (C=O) groups is 2. The van der Waals surface area contributed by atoms with Crippen LogP contribution in [0, 0.1) is 0 Å². The fraction of sp³-hybridized carbons (Fsp3) is 0.429. The number of Topliss-reactive ketones (excluding diaryl/α,β-unsaturated/α-hetero) is 1. The lowest BCUT2D eigenvalue weighted by Gasteiger charge is -2.27. The summed E-state index contributed by atoms with van der Waals surface area (Å²) in [7, 11) is 0. The molecule has 6 heteroatoms. The number of carbonyl (C=O) groups excluding carboxylic acids is 2. The average molecular weight is 318 g/mol. The monoisotopic (exact) mass is 317 g/mol. The van der Waals surface area contributed by atoms with E-state index >= 15 is 0 Å². The Morgan fingerprint density at radius 3 is 2.20 bits per heavy atom. The zero-order chi connectivity index (χ0) is 15.3. The van der Waals surface area contributed by atoms with E-state index in [1.54, 1.807) is 45.0 Å². The molecule has 110 valence electrons. The predicted octanol–water partition coefficient (Wildman–Crippen LogP) is 3.89. The molecule has 20 heavy (non-hydrogen) atoms. The predicted molar refractivity (Wildman–Crippen MR) is 80.8 cm³/mol. The van der Waals surface area contributed by atoms with E-state index in [1.165, 1.54) is 4.90 Å². The molecule has 1 amide bonds. The molecular formula is C14H17Cl2NO3. The largest absolute Gasteiger partial charge is 0.443 e. The summed E-state index contributed by atoms with van der Waals surface area (Å²) in [5.74, 6) is -0.431. The quantitative estimate of drug-likeness (QED) is 0.791. The van der Waals surface area contributed by atoms with Gasteiger partial charge in [-0.2, -0.15) is 0 Å². The van der Waals surface area contributed by atoms with Gasteiger partial charge in [0, 0.05) is 10.7 Å². The Balaban J connectivity index is 2.98. The van der Waals surface area contributed by atoms with Crippen LogP contribution in [0.25, 0.3) is 0 Å². The van der Waals surface area contributed by atoms with Crippen molar-refractivity contribution in [3.05, 3.63) is 29.3 Å². The van der Waals surface area contributed by atoms with E-state index in [4.69, 9.17) is 27.9 Å². The molecule has 1 aromatic rings. The lowest BCUT2D eigenvalue weighted by atomic mass is 10.2. The van der Waals surface area contributed by atoms with Gasteiger partial charge in [0.15, 0.2) is 5.78 Å². The molecule has 0 N–H and O–H groups in total. The van der Waals surface area contributed by atoms with E-state index in [0.29, 0.717) is 10.7 Å². The van der Waals surface area contributed by atoms with Crippen molar-refractivity contribution in [1.29, 1.82) is 0 Å². The van der Waals surface area contributed by atoms with Crippen molar-refractivity contribution < 1.29 is 14.3 Å². The number of rotatable bonds is 4. The van der Waals surface area contributed by atoms with Gasteiger partial charge in [-0.25, -0.2) is 4.79 Å². The number of nitrogens with zero attached hydrogens (tertiary/aromatic N) is 1. The summed E-state index contributed by atoms with van der Waals surface area (Å²) in [5, 5.41) is 0.543. The van der Waals surface area contributed by atoms with Crippen molar-refractivity contribution >= 4 is 40.8 Å². The number of amides is 1. The summed E-state index contributed by atoms with van der Waals surface area (Å²) < 4.78 is 5.29. The maximum atomic E-state index is 12.2. The smallest absolute Gasteiger partial charge is 0.415 e. The molecule has 0 aliphatic rings. The third-order valence-corrected chi connectivity index (χ3v) is 2.79. The molecule has 1 aromatic carbocycles. The van der Waals surface area contributed by atoms with Crippen molar-refractivity contribution in [3.63, 3.8) is 0 Å². The van der Waals surface area contributed by atoms with Gasteiger partial charge >= 0.3 is 6.09 Å². The van der Waals surface area contributed by atoms with Crippen LogP contribution in [0.15, 0.2) is 24.3 Å². The second-order valence-corrected chi connectivity index (χ2v) is 5.92. The number of ether oxygens (including phenoxy) is 1. The van der Waals surface area contributed by atoms with Crippen molar-refractivity contribution in [2.75, 3.05) is 17.3 Å². The molecule has 0 spiro atoms. The molecule has 1 rings (SSSR count). The second-order valence-electron chi connectivity index (χ2n) is 5.22. The molecule has 0 aliphatic carbocycles. The van der Waals surface area contributed by atoms with Crippen LogP contribution in [0.5, 0.6) is 0 Å². The zero-order valence-electron chi connectivity index (χ0n) is 11.7. The Morgan fingerprint density at radius 2 is 1.75 bits per heavy atom. The highest BCUT2D eigenvalue weighted by Crippen LogP contribution is 2.20. The van der Waals surface area contributed by atoms with Gasteiger partial charge in [-0.3, -0.25) is 9.69 Å². The Bertz CT molecular complexity index is 480. The molecular weight excluding hydrogens is 301 g/mol. The van der Waals surface area contributed by atoms with Gasteiger partial charge in [0.1, 0.15) is 5.60 Å². The summed E-state index contributed by atoms with van der Waals surface area (Å²) in [6, 6.07) is 6.57. The number of halogens is 2. The molecule has 0 unspecified atom stereocenters. The minimum Gasteiger partial charge on any atom is -0.443 e. The summed E-state index contributed by atoms with van der Waals surface area (Å²) >= 11 is 11.3. The third kappa shape index (κ3) is 5.39. The zero-order valence-corrected chi connectivity index (χ0v) is 13.2. The molecule has 0 bridgehead atoms. The average Bonchev–Trinajstić information content (AvgIpc) is 2.34. The molecule has 0 saturated carbocycles. The van der Waals surface area contributed by atoms with Gasteiger partial charge in [0.2, 0.25) is 0 Å². The molecule has 0 aromatic heterocycles. The van der Waals surface area contributed by atoms with E-state index in [0.717, 1.165) is 0 Å². The molecule has 0 heterocycles. The van der Waals surface area contributed by atoms with Gasteiger partial charge in [0.25, 0.3) is 0 Å². The number of hydrogen-bond acceptors (Lipinski definition) is 3. The van der Waals surface area contributed by atoms with Crippen molar-refractivity contribution in [2.24, 2.45) is 0 Å². The number of benzene rings is 1. The first-order chi connectivity index (χ1) is 9.23. The van der Waals surface area contributed by atoms with E-state index in [9.17, 15) is 9.59 Å². The van der Waals surface area contributed by atoms with Crippen LogP contribution in [-0.2, 0) is 9.53 Å². The molecule has 0 atom stereocenters. The lowest BCUT2D eigenvalue weighted by molar-refractivity contribution is -0.115. The minimum atomic E-state index is -0.647. The Morgan fingerprint density at radius 1 is 1.20 bits per heavy atom. The second kappa shape index (κ2) is 6.95. The highest BCUT2D eigenvalue weighted by molar-refractivity contribution is 6.30. The fourth-order valence-electron chi connectivity index (χ4n) is 1.42. The highest BCUT2D eigenvalue weighted by Gasteiger charge is 2.25. The number of anilines is 1. The van der Waals surface area contributed by atoms with E-state index in [1.807, 2.05) is 0 Å². The molecule has 4 nitrogen and oxygen atoms in total. The van der Waals surface area contributed by atoms with Crippen LogP contribution in [0.4, 0.5) is 10.5 Å². The number of ketones is 1. The van der Waals surface area contributed by atoms with Gasteiger partial charge in [-0.1, -0.05) is 11.6 Å². The van der Waals surface area contributed by atoms with Crippen LogP contribution in [0.1, 0.15) is 20.8 Å². The Hall–Kier alpha value is -1.26. The van der Waals surface area contributed by atoms with Gasteiger partial charge in [0.05, 0.1) is 12.4 Å². The van der Waals surface area contributed by atoms with Crippen LogP contribution in [0.3, 0.4) is 0 Å². The van der Waals surface area contributed by atoms with E-state index < -0.39 is 11.7 Å².